The first-order chi connectivity index (χ1) is 7.24. The normalized spacial score (nSPS) is 21.8. The van der Waals surface area contributed by atoms with Crippen molar-refractivity contribution in [1.82, 2.24) is 10.2 Å². The molecule has 0 aromatic heterocycles. The van der Waals surface area contributed by atoms with E-state index in [0.717, 1.165) is 19.6 Å². The molecular weight excluding hydrogens is 188 g/mol. The lowest BCUT2D eigenvalue weighted by Crippen LogP contribution is -2.41. The van der Waals surface area contributed by atoms with E-state index in [1.165, 1.54) is 25.9 Å². The molecular formula is C12H26N2O. The molecule has 1 heterocycles. The Morgan fingerprint density at radius 2 is 1.93 bits per heavy atom. The van der Waals surface area contributed by atoms with E-state index in [9.17, 15) is 0 Å². The van der Waals surface area contributed by atoms with Crippen LogP contribution in [0.5, 0.6) is 0 Å². The van der Waals surface area contributed by atoms with E-state index in [2.05, 4.69) is 24.1 Å². The fourth-order valence-corrected chi connectivity index (χ4v) is 2.08. The number of likely N-dealkylation sites (tertiary alicyclic amines) is 1. The van der Waals surface area contributed by atoms with Gasteiger partial charge in [0.1, 0.15) is 0 Å². The van der Waals surface area contributed by atoms with Gasteiger partial charge in [-0.3, -0.25) is 4.90 Å². The van der Waals surface area contributed by atoms with Crippen LogP contribution in [0.4, 0.5) is 0 Å². The number of ether oxygens (including phenoxy) is 1. The first kappa shape index (κ1) is 12.9. The van der Waals surface area contributed by atoms with Gasteiger partial charge in [0.15, 0.2) is 0 Å². The third-order valence-electron chi connectivity index (χ3n) is 3.28. The molecule has 1 fully saturated rings. The molecule has 3 nitrogen and oxygen atoms in total. The van der Waals surface area contributed by atoms with Crippen molar-refractivity contribution in [2.45, 2.75) is 45.2 Å². The highest BCUT2D eigenvalue weighted by molar-refractivity contribution is 4.75. The van der Waals surface area contributed by atoms with E-state index in [1.54, 1.807) is 7.11 Å². The maximum absolute atomic E-state index is 5.07. The van der Waals surface area contributed by atoms with E-state index >= 15 is 0 Å². The Bertz CT molecular complexity index is 158. The van der Waals surface area contributed by atoms with Crippen molar-refractivity contribution in [3.05, 3.63) is 0 Å². The van der Waals surface area contributed by atoms with Crippen LogP contribution in [0.2, 0.25) is 0 Å². The summed E-state index contributed by atoms with van der Waals surface area (Å²) in [6.07, 6.45) is 3.86. The summed E-state index contributed by atoms with van der Waals surface area (Å²) >= 11 is 0. The second-order valence-corrected chi connectivity index (χ2v) is 4.68. The smallest absolute Gasteiger partial charge is 0.0476 e. The lowest BCUT2D eigenvalue weighted by Gasteiger charge is -2.25. The maximum atomic E-state index is 5.07. The predicted octanol–water partition coefficient (Wildman–Crippen LogP) is 1.49. The minimum Gasteiger partial charge on any atom is -0.385 e. The number of hydrogen-bond donors (Lipinski definition) is 1. The van der Waals surface area contributed by atoms with Gasteiger partial charge in [0.05, 0.1) is 0 Å². The molecule has 1 aliphatic heterocycles. The van der Waals surface area contributed by atoms with Crippen molar-refractivity contribution in [3.8, 4) is 0 Å². The topological polar surface area (TPSA) is 24.5 Å². The monoisotopic (exact) mass is 214 g/mol. The maximum Gasteiger partial charge on any atom is 0.0476 e. The molecule has 3 heteroatoms. The van der Waals surface area contributed by atoms with Gasteiger partial charge in [-0.15, -0.1) is 0 Å². The summed E-state index contributed by atoms with van der Waals surface area (Å²) in [7, 11) is 1.76. The van der Waals surface area contributed by atoms with Gasteiger partial charge in [-0.1, -0.05) is 0 Å². The molecule has 1 N–H and O–H groups in total. The van der Waals surface area contributed by atoms with E-state index in [-0.39, 0.29) is 0 Å². The number of nitrogens with one attached hydrogen (secondary N) is 1. The summed E-state index contributed by atoms with van der Waals surface area (Å²) in [4.78, 5) is 2.58. The second-order valence-electron chi connectivity index (χ2n) is 4.68. The Labute approximate surface area is 94.2 Å². The third-order valence-corrected chi connectivity index (χ3v) is 3.28. The van der Waals surface area contributed by atoms with Crippen molar-refractivity contribution in [2.24, 2.45) is 0 Å². The van der Waals surface area contributed by atoms with Gasteiger partial charge >= 0.3 is 0 Å². The van der Waals surface area contributed by atoms with Crippen LogP contribution in [-0.4, -0.2) is 50.3 Å². The average Bonchev–Trinajstić information content (AvgIpc) is 2.76. The highest BCUT2D eigenvalue weighted by Gasteiger charge is 2.17. The summed E-state index contributed by atoms with van der Waals surface area (Å²) in [6.45, 7) is 9.08. The van der Waals surface area contributed by atoms with Crippen LogP contribution in [0.15, 0.2) is 0 Å². The highest BCUT2D eigenvalue weighted by Crippen LogP contribution is 2.10. The Hall–Kier alpha value is -0.120. The van der Waals surface area contributed by atoms with E-state index in [4.69, 9.17) is 4.74 Å². The molecule has 0 aliphatic carbocycles. The van der Waals surface area contributed by atoms with Crippen molar-refractivity contribution in [3.63, 3.8) is 0 Å². The standard InChI is InChI=1S/C12H26N2O/c1-11(6-9-15-3)13-10-12(2)14-7-4-5-8-14/h11-13H,4-10H2,1-3H3. The highest BCUT2D eigenvalue weighted by atomic mass is 16.5. The SMILES string of the molecule is COCCC(C)NCC(C)N1CCCC1. The summed E-state index contributed by atoms with van der Waals surface area (Å²) in [5, 5.41) is 3.57. The zero-order chi connectivity index (χ0) is 11.1. The quantitative estimate of drug-likeness (QED) is 0.695. The molecule has 0 saturated carbocycles. The van der Waals surface area contributed by atoms with Crippen LogP contribution in [0.25, 0.3) is 0 Å². The Morgan fingerprint density at radius 1 is 1.27 bits per heavy atom. The zero-order valence-electron chi connectivity index (χ0n) is 10.5. The molecule has 1 aliphatic rings. The van der Waals surface area contributed by atoms with Crippen LogP contribution >= 0.6 is 0 Å². The fraction of sp³-hybridized carbons (Fsp3) is 1.00. The van der Waals surface area contributed by atoms with Crippen molar-refractivity contribution in [1.29, 1.82) is 0 Å². The first-order valence-corrected chi connectivity index (χ1v) is 6.20. The van der Waals surface area contributed by atoms with Crippen molar-refractivity contribution in [2.75, 3.05) is 33.4 Å². The molecule has 0 spiro atoms. The van der Waals surface area contributed by atoms with Gasteiger partial charge in [0.2, 0.25) is 0 Å². The first-order valence-electron chi connectivity index (χ1n) is 6.20. The summed E-state index contributed by atoms with van der Waals surface area (Å²) in [5.74, 6) is 0. The van der Waals surface area contributed by atoms with Gasteiger partial charge in [-0.25, -0.2) is 0 Å². The molecule has 2 atom stereocenters. The van der Waals surface area contributed by atoms with Gasteiger partial charge in [-0.2, -0.15) is 0 Å². The molecule has 90 valence electrons. The minimum absolute atomic E-state index is 0.565. The number of hydrogen-bond acceptors (Lipinski definition) is 3. The summed E-state index contributed by atoms with van der Waals surface area (Å²) in [5.41, 5.74) is 0. The molecule has 0 aromatic rings. The van der Waals surface area contributed by atoms with Crippen molar-refractivity contribution < 1.29 is 4.74 Å². The second kappa shape index (κ2) is 7.20. The number of methoxy groups -OCH3 is 1. The Kier molecular flexibility index (Phi) is 6.22. The Morgan fingerprint density at radius 3 is 2.53 bits per heavy atom. The van der Waals surface area contributed by atoms with Crippen LogP contribution in [0.1, 0.15) is 33.1 Å². The molecule has 0 amide bonds. The van der Waals surface area contributed by atoms with Crippen LogP contribution < -0.4 is 5.32 Å². The van der Waals surface area contributed by atoms with E-state index < -0.39 is 0 Å². The van der Waals surface area contributed by atoms with E-state index in [0.29, 0.717) is 12.1 Å². The third kappa shape index (κ3) is 4.96. The average molecular weight is 214 g/mol. The van der Waals surface area contributed by atoms with Crippen LogP contribution in [0, 0.1) is 0 Å². The predicted molar refractivity (Wildman–Crippen MR) is 64.2 cm³/mol. The lowest BCUT2D eigenvalue weighted by atomic mass is 10.2. The Balaban J connectivity index is 2.07. The minimum atomic E-state index is 0.565. The van der Waals surface area contributed by atoms with Gasteiger partial charge in [-0.05, 0) is 46.2 Å². The zero-order valence-corrected chi connectivity index (χ0v) is 10.5. The lowest BCUT2D eigenvalue weighted by molar-refractivity contribution is 0.181. The fourth-order valence-electron chi connectivity index (χ4n) is 2.08. The van der Waals surface area contributed by atoms with Crippen molar-refractivity contribution >= 4 is 0 Å². The molecule has 1 rings (SSSR count). The van der Waals surface area contributed by atoms with Gasteiger partial charge in [0, 0.05) is 32.3 Å². The molecule has 0 radical (unpaired) electrons. The van der Waals surface area contributed by atoms with Gasteiger partial charge in [0.25, 0.3) is 0 Å². The molecule has 1 saturated heterocycles. The number of rotatable bonds is 7. The molecule has 15 heavy (non-hydrogen) atoms. The number of nitrogens with zero attached hydrogens (tertiary/aromatic N) is 1. The van der Waals surface area contributed by atoms with Gasteiger partial charge < -0.3 is 10.1 Å². The molecule has 0 bridgehead atoms. The summed E-state index contributed by atoms with van der Waals surface area (Å²) in [6, 6.07) is 1.24. The summed E-state index contributed by atoms with van der Waals surface area (Å²) < 4.78 is 5.07. The molecule has 0 aromatic carbocycles. The van der Waals surface area contributed by atoms with Crippen LogP contribution in [0.3, 0.4) is 0 Å². The molecule has 2 unspecified atom stereocenters. The largest absolute Gasteiger partial charge is 0.385 e. The van der Waals surface area contributed by atoms with E-state index in [1.807, 2.05) is 0 Å². The van der Waals surface area contributed by atoms with Crippen LogP contribution in [-0.2, 0) is 4.74 Å².